The first-order chi connectivity index (χ1) is 9.49. The number of nitrogen functional groups attached to an aromatic ring is 1. The maximum absolute atomic E-state index is 12.3. The van der Waals surface area contributed by atoms with E-state index >= 15 is 0 Å². The molecule has 0 spiro atoms. The van der Waals surface area contributed by atoms with Crippen LogP contribution in [0.4, 0.5) is 5.69 Å². The van der Waals surface area contributed by atoms with Gasteiger partial charge in [0, 0.05) is 12.0 Å². The average molecular weight is 279 g/mol. The van der Waals surface area contributed by atoms with E-state index in [1.54, 1.807) is 6.20 Å². The zero-order chi connectivity index (χ0) is 15.1. The number of carbonyl (C=O) groups excluding carboxylic acids is 1. The molecule has 0 aliphatic heterocycles. The molecule has 1 aromatic heterocycles. The molecular weight excluding hydrogens is 254 g/mol. The monoisotopic (exact) mass is 279 g/mol. The summed E-state index contributed by atoms with van der Waals surface area (Å²) in [7, 11) is 0. The number of nitrogens with two attached hydrogens (primary N) is 1. The molecule has 1 unspecified atom stereocenters. The fourth-order valence-electron chi connectivity index (χ4n) is 1.83. The molecule has 0 bridgehead atoms. The standard InChI is InChI=1S/C14H25N5O/c1-5-6-7-10(4)17-14(20)12-11(19-15)8-16-13(18-12)9(2)3/h8-10,19H,5-7,15H2,1-4H3,(H,17,20). The van der Waals surface area contributed by atoms with E-state index < -0.39 is 0 Å². The number of hydrazine groups is 1. The molecule has 1 aromatic rings. The molecular formula is C14H25N5O. The predicted molar refractivity (Wildman–Crippen MR) is 80.4 cm³/mol. The minimum absolute atomic E-state index is 0.116. The lowest BCUT2D eigenvalue weighted by Crippen LogP contribution is -2.34. The molecule has 0 aliphatic rings. The maximum atomic E-state index is 12.3. The van der Waals surface area contributed by atoms with Crippen LogP contribution in [-0.4, -0.2) is 21.9 Å². The van der Waals surface area contributed by atoms with E-state index in [0.717, 1.165) is 19.3 Å². The Kier molecular flexibility index (Phi) is 6.38. The Morgan fingerprint density at radius 3 is 2.65 bits per heavy atom. The number of amides is 1. The highest BCUT2D eigenvalue weighted by atomic mass is 16.2. The van der Waals surface area contributed by atoms with Crippen LogP contribution in [0.15, 0.2) is 6.20 Å². The van der Waals surface area contributed by atoms with Gasteiger partial charge < -0.3 is 10.7 Å². The van der Waals surface area contributed by atoms with Gasteiger partial charge in [0.2, 0.25) is 0 Å². The van der Waals surface area contributed by atoms with Crippen molar-refractivity contribution in [2.24, 2.45) is 5.84 Å². The van der Waals surface area contributed by atoms with Crippen LogP contribution < -0.4 is 16.6 Å². The smallest absolute Gasteiger partial charge is 0.272 e. The lowest BCUT2D eigenvalue weighted by molar-refractivity contribution is 0.0933. The van der Waals surface area contributed by atoms with Crippen LogP contribution in [0.3, 0.4) is 0 Å². The molecule has 20 heavy (non-hydrogen) atoms. The number of unbranched alkanes of at least 4 members (excludes halogenated alkanes) is 1. The van der Waals surface area contributed by atoms with Crippen molar-refractivity contribution in [3.8, 4) is 0 Å². The van der Waals surface area contributed by atoms with Crippen LogP contribution in [0, 0.1) is 0 Å². The highest BCUT2D eigenvalue weighted by Crippen LogP contribution is 2.15. The Balaban J connectivity index is 2.87. The number of hydrogen-bond donors (Lipinski definition) is 3. The van der Waals surface area contributed by atoms with Crippen LogP contribution in [0.25, 0.3) is 0 Å². The third-order valence-corrected chi connectivity index (χ3v) is 3.06. The highest BCUT2D eigenvalue weighted by Gasteiger charge is 2.17. The highest BCUT2D eigenvalue weighted by molar-refractivity contribution is 5.97. The van der Waals surface area contributed by atoms with Crippen LogP contribution >= 0.6 is 0 Å². The summed E-state index contributed by atoms with van der Waals surface area (Å²) in [5.74, 6) is 5.99. The van der Waals surface area contributed by atoms with Gasteiger partial charge in [0.25, 0.3) is 5.91 Å². The molecule has 1 heterocycles. The van der Waals surface area contributed by atoms with Gasteiger partial charge in [0.1, 0.15) is 5.82 Å². The molecule has 0 saturated carbocycles. The lowest BCUT2D eigenvalue weighted by atomic mass is 10.1. The van der Waals surface area contributed by atoms with Gasteiger partial charge in [0.15, 0.2) is 5.69 Å². The van der Waals surface area contributed by atoms with E-state index in [4.69, 9.17) is 5.84 Å². The summed E-state index contributed by atoms with van der Waals surface area (Å²) in [5, 5.41) is 2.95. The SMILES string of the molecule is CCCCC(C)NC(=O)c1nc(C(C)C)ncc1NN. The maximum Gasteiger partial charge on any atom is 0.272 e. The van der Waals surface area contributed by atoms with Gasteiger partial charge in [-0.2, -0.15) is 0 Å². The fraction of sp³-hybridized carbons (Fsp3) is 0.643. The van der Waals surface area contributed by atoms with Crippen molar-refractivity contribution in [1.82, 2.24) is 15.3 Å². The van der Waals surface area contributed by atoms with Gasteiger partial charge in [-0.3, -0.25) is 10.6 Å². The van der Waals surface area contributed by atoms with E-state index in [0.29, 0.717) is 17.2 Å². The number of nitrogens with zero attached hydrogens (tertiary/aromatic N) is 2. The number of rotatable bonds is 7. The molecule has 0 fully saturated rings. The summed E-state index contributed by atoms with van der Waals surface area (Å²) in [6.45, 7) is 8.09. The minimum atomic E-state index is -0.217. The van der Waals surface area contributed by atoms with Crippen LogP contribution in [0.1, 0.15) is 69.2 Å². The zero-order valence-corrected chi connectivity index (χ0v) is 12.7. The van der Waals surface area contributed by atoms with E-state index in [1.807, 2.05) is 20.8 Å². The fourth-order valence-corrected chi connectivity index (χ4v) is 1.83. The molecule has 4 N–H and O–H groups in total. The molecule has 6 nitrogen and oxygen atoms in total. The predicted octanol–water partition coefficient (Wildman–Crippen LogP) is 2.19. The Hall–Kier alpha value is -1.69. The van der Waals surface area contributed by atoms with Crippen molar-refractivity contribution < 1.29 is 4.79 Å². The summed E-state index contributed by atoms with van der Waals surface area (Å²) in [5.41, 5.74) is 3.21. The minimum Gasteiger partial charge on any atom is -0.348 e. The molecule has 6 heteroatoms. The first kappa shape index (κ1) is 16.4. The van der Waals surface area contributed by atoms with E-state index in [9.17, 15) is 4.79 Å². The summed E-state index contributed by atoms with van der Waals surface area (Å²) < 4.78 is 0. The first-order valence-electron chi connectivity index (χ1n) is 7.14. The number of aromatic nitrogens is 2. The van der Waals surface area contributed by atoms with Crippen molar-refractivity contribution >= 4 is 11.6 Å². The van der Waals surface area contributed by atoms with E-state index in [-0.39, 0.29) is 17.9 Å². The topological polar surface area (TPSA) is 92.9 Å². The van der Waals surface area contributed by atoms with Gasteiger partial charge in [-0.15, -0.1) is 0 Å². The molecule has 1 rings (SSSR count). The molecule has 0 radical (unpaired) electrons. The van der Waals surface area contributed by atoms with Crippen molar-refractivity contribution in [2.45, 2.75) is 58.9 Å². The van der Waals surface area contributed by atoms with Crippen LogP contribution in [0.5, 0.6) is 0 Å². The Morgan fingerprint density at radius 2 is 2.10 bits per heavy atom. The second kappa shape index (κ2) is 7.79. The van der Waals surface area contributed by atoms with E-state index in [1.165, 1.54) is 0 Å². The molecule has 112 valence electrons. The lowest BCUT2D eigenvalue weighted by Gasteiger charge is -2.15. The van der Waals surface area contributed by atoms with Gasteiger partial charge in [0.05, 0.1) is 11.9 Å². The first-order valence-corrected chi connectivity index (χ1v) is 7.14. The van der Waals surface area contributed by atoms with Gasteiger partial charge in [-0.25, -0.2) is 9.97 Å². The number of hydrogen-bond acceptors (Lipinski definition) is 5. The van der Waals surface area contributed by atoms with Crippen molar-refractivity contribution in [3.63, 3.8) is 0 Å². The zero-order valence-electron chi connectivity index (χ0n) is 12.7. The summed E-state index contributed by atoms with van der Waals surface area (Å²) >= 11 is 0. The molecule has 0 aliphatic carbocycles. The second-order valence-corrected chi connectivity index (χ2v) is 5.31. The van der Waals surface area contributed by atoms with E-state index in [2.05, 4.69) is 27.6 Å². The number of carbonyl (C=O) groups is 1. The number of nitrogens with one attached hydrogen (secondary N) is 2. The van der Waals surface area contributed by atoms with Gasteiger partial charge >= 0.3 is 0 Å². The van der Waals surface area contributed by atoms with Gasteiger partial charge in [-0.1, -0.05) is 33.6 Å². The quantitative estimate of drug-likeness (QED) is 0.525. The summed E-state index contributed by atoms with van der Waals surface area (Å²) in [4.78, 5) is 20.8. The Labute approximate surface area is 120 Å². The Bertz CT molecular complexity index is 447. The number of anilines is 1. The summed E-state index contributed by atoms with van der Waals surface area (Å²) in [6, 6.07) is 0.116. The van der Waals surface area contributed by atoms with Crippen molar-refractivity contribution in [3.05, 3.63) is 17.7 Å². The van der Waals surface area contributed by atoms with Crippen LogP contribution in [-0.2, 0) is 0 Å². The molecule has 1 atom stereocenters. The largest absolute Gasteiger partial charge is 0.348 e. The molecule has 1 amide bonds. The van der Waals surface area contributed by atoms with Crippen molar-refractivity contribution in [1.29, 1.82) is 0 Å². The third-order valence-electron chi connectivity index (χ3n) is 3.06. The second-order valence-electron chi connectivity index (χ2n) is 5.31. The summed E-state index contributed by atoms with van der Waals surface area (Å²) in [6.07, 6.45) is 4.70. The van der Waals surface area contributed by atoms with Crippen LogP contribution in [0.2, 0.25) is 0 Å². The van der Waals surface area contributed by atoms with Gasteiger partial charge in [-0.05, 0) is 13.3 Å². The molecule has 0 saturated heterocycles. The molecule has 0 aromatic carbocycles. The van der Waals surface area contributed by atoms with Crippen molar-refractivity contribution in [2.75, 3.05) is 5.43 Å². The average Bonchev–Trinajstić information content (AvgIpc) is 2.44. The third kappa shape index (κ3) is 4.45. The normalized spacial score (nSPS) is 12.3. The Morgan fingerprint density at radius 1 is 1.40 bits per heavy atom.